The highest BCUT2D eigenvalue weighted by atomic mass is 16.5. The quantitative estimate of drug-likeness (QED) is 0.176. The third-order valence-electron chi connectivity index (χ3n) is 15.1. The van der Waals surface area contributed by atoms with Crippen LogP contribution in [0.25, 0.3) is 88.7 Å². The lowest BCUT2D eigenvalue weighted by molar-refractivity contribution is 0.489. The maximum absolute atomic E-state index is 7.23. The molecule has 0 amide bonds. The van der Waals surface area contributed by atoms with Gasteiger partial charge in [-0.15, -0.1) is 0 Å². The third kappa shape index (κ3) is 5.40. The normalized spacial score (nSPS) is 14.5. The predicted molar refractivity (Wildman–Crippen MR) is 287 cm³/mol. The summed E-state index contributed by atoms with van der Waals surface area (Å²) in [6.45, 7) is 0. The second kappa shape index (κ2) is 14.9. The van der Waals surface area contributed by atoms with Crippen molar-refractivity contribution in [3.8, 4) is 78.3 Å². The molecule has 1 unspecified atom stereocenters. The standard InChI is InChI=1S/C67H41NO2/c1-2-17-42(18-3-1)43-33-35-44(36-34-43)68(60-30-16-27-52-48-21-6-5-20-47(48)51-24-10-14-31-61(51)70-66(52)60)45-37-38-58-55(41-45)49-22-7-4-19-46(49)50-23-8-12-28-56(50)67(58)57-29-13-9-25-53(57)64-59(67)39-40-63-65(64)54-26-11-15-32-62(54)69-63/h1-41H. The van der Waals surface area contributed by atoms with Gasteiger partial charge in [-0.1, -0.05) is 200 Å². The van der Waals surface area contributed by atoms with Crippen molar-refractivity contribution in [3.05, 3.63) is 271 Å². The van der Waals surface area contributed by atoms with E-state index in [4.69, 9.17) is 9.15 Å². The molecule has 3 heteroatoms. The molecule has 0 fully saturated rings. The summed E-state index contributed by atoms with van der Waals surface area (Å²) in [7, 11) is 0. The zero-order valence-electron chi connectivity index (χ0n) is 37.9. The van der Waals surface area contributed by atoms with Crippen LogP contribution in [0, 0.1) is 0 Å². The summed E-state index contributed by atoms with van der Waals surface area (Å²) in [4.78, 5) is 2.40. The number of hydrogen-bond donors (Lipinski definition) is 0. The van der Waals surface area contributed by atoms with Crippen molar-refractivity contribution in [2.24, 2.45) is 0 Å². The molecule has 15 rings (SSSR count). The summed E-state index contributed by atoms with van der Waals surface area (Å²) < 4.78 is 13.8. The van der Waals surface area contributed by atoms with Crippen molar-refractivity contribution in [3.63, 3.8) is 0 Å². The van der Waals surface area contributed by atoms with E-state index in [1.54, 1.807) is 0 Å². The molecule has 0 saturated carbocycles. The number of ether oxygens (including phenoxy) is 1. The molecule has 11 aromatic carbocycles. The van der Waals surface area contributed by atoms with Crippen LogP contribution in [0.2, 0.25) is 0 Å². The number of rotatable bonds is 4. The molecule has 3 nitrogen and oxygen atoms in total. The molecule has 0 N–H and O–H groups in total. The zero-order valence-corrected chi connectivity index (χ0v) is 37.9. The van der Waals surface area contributed by atoms with E-state index in [0.29, 0.717) is 0 Å². The van der Waals surface area contributed by atoms with Crippen LogP contribution in [-0.2, 0) is 5.41 Å². The number of para-hydroxylation sites is 3. The molecule has 1 aliphatic heterocycles. The Labute approximate surface area is 405 Å². The highest BCUT2D eigenvalue weighted by Gasteiger charge is 2.50. The molecule has 70 heavy (non-hydrogen) atoms. The van der Waals surface area contributed by atoms with E-state index in [1.807, 2.05) is 0 Å². The number of nitrogens with zero attached hydrogens (tertiary/aromatic N) is 1. The molecule has 0 saturated heterocycles. The lowest BCUT2D eigenvalue weighted by Gasteiger charge is -2.36. The molecule has 1 aromatic heterocycles. The van der Waals surface area contributed by atoms with E-state index in [2.05, 4.69) is 254 Å². The molecule has 326 valence electrons. The minimum atomic E-state index is -0.676. The van der Waals surface area contributed by atoms with Crippen LogP contribution in [0.3, 0.4) is 0 Å². The fourth-order valence-corrected chi connectivity index (χ4v) is 12.2. The summed E-state index contributed by atoms with van der Waals surface area (Å²) in [5, 5.41) is 2.29. The Morgan fingerprint density at radius 1 is 0.329 bits per heavy atom. The van der Waals surface area contributed by atoms with Crippen LogP contribution in [0.4, 0.5) is 17.1 Å². The molecule has 1 atom stereocenters. The Kier molecular flexibility index (Phi) is 8.28. The average molecular weight is 892 g/mol. The molecule has 2 heterocycles. The first-order valence-corrected chi connectivity index (χ1v) is 24.1. The second-order valence-electron chi connectivity index (χ2n) is 18.6. The van der Waals surface area contributed by atoms with Crippen LogP contribution < -0.4 is 9.64 Å². The summed E-state index contributed by atoms with van der Waals surface area (Å²) in [6, 6.07) is 90.6. The second-order valence-corrected chi connectivity index (χ2v) is 18.6. The van der Waals surface area contributed by atoms with Gasteiger partial charge in [0, 0.05) is 33.3 Å². The smallest absolute Gasteiger partial charge is 0.159 e. The monoisotopic (exact) mass is 891 g/mol. The Hall–Kier alpha value is -9.18. The largest absolute Gasteiger partial charge is 0.456 e. The van der Waals surface area contributed by atoms with Gasteiger partial charge in [-0.05, 0) is 126 Å². The van der Waals surface area contributed by atoms with Crippen LogP contribution in [0.5, 0.6) is 11.5 Å². The number of benzene rings is 11. The molecule has 2 aliphatic carbocycles. The Morgan fingerprint density at radius 2 is 0.871 bits per heavy atom. The summed E-state index contributed by atoms with van der Waals surface area (Å²) in [6.07, 6.45) is 0. The van der Waals surface area contributed by atoms with E-state index >= 15 is 0 Å². The topological polar surface area (TPSA) is 25.6 Å². The third-order valence-corrected chi connectivity index (χ3v) is 15.1. The lowest BCUT2D eigenvalue weighted by atomic mass is 9.66. The SMILES string of the molecule is c1ccc(-c2ccc(N(c3ccc4c(c3)-c3ccccc3-c3ccccc3C43c4ccccc4-c4c3ccc3oc5ccccc5c43)c3cccc4c3Oc3ccccc3-c3ccccc3-4)cc2)cc1. The van der Waals surface area contributed by atoms with E-state index in [-0.39, 0.29) is 0 Å². The van der Waals surface area contributed by atoms with Gasteiger partial charge in [0.25, 0.3) is 0 Å². The minimum absolute atomic E-state index is 0.676. The average Bonchev–Trinajstić information content (AvgIpc) is 3.87. The van der Waals surface area contributed by atoms with Crippen LogP contribution in [0.1, 0.15) is 22.3 Å². The molecule has 0 radical (unpaired) electrons. The summed E-state index contributed by atoms with van der Waals surface area (Å²) >= 11 is 0. The highest BCUT2D eigenvalue weighted by molar-refractivity contribution is 6.16. The van der Waals surface area contributed by atoms with Gasteiger partial charge in [0.1, 0.15) is 16.9 Å². The van der Waals surface area contributed by atoms with E-state index in [9.17, 15) is 0 Å². The molecular weight excluding hydrogens is 851 g/mol. The molecule has 1 spiro atoms. The lowest BCUT2D eigenvalue weighted by Crippen LogP contribution is -2.29. The van der Waals surface area contributed by atoms with Crippen LogP contribution in [-0.4, -0.2) is 0 Å². The summed E-state index contributed by atoms with van der Waals surface area (Å²) in [5.41, 5.74) is 23.1. The van der Waals surface area contributed by atoms with Crippen molar-refractivity contribution in [1.29, 1.82) is 0 Å². The van der Waals surface area contributed by atoms with Crippen LogP contribution in [0.15, 0.2) is 253 Å². The highest BCUT2D eigenvalue weighted by Crippen LogP contribution is 2.64. The molecule has 3 aliphatic rings. The zero-order chi connectivity index (χ0) is 45.9. The van der Waals surface area contributed by atoms with Gasteiger partial charge >= 0.3 is 0 Å². The van der Waals surface area contributed by atoms with Gasteiger partial charge in [0.15, 0.2) is 5.75 Å². The number of fused-ring (bicyclic) bond motifs is 21. The Morgan fingerprint density at radius 3 is 1.66 bits per heavy atom. The maximum atomic E-state index is 7.23. The number of anilines is 3. The molecule has 12 aromatic rings. The number of hydrogen-bond acceptors (Lipinski definition) is 3. The Bertz CT molecular complexity index is 4110. The fraction of sp³-hybridized carbons (Fsp3) is 0.0149. The minimum Gasteiger partial charge on any atom is -0.456 e. The van der Waals surface area contributed by atoms with E-state index in [1.165, 1.54) is 61.2 Å². The first-order chi connectivity index (χ1) is 34.7. The van der Waals surface area contributed by atoms with Crippen molar-refractivity contribution in [2.45, 2.75) is 5.41 Å². The van der Waals surface area contributed by atoms with Gasteiger partial charge in [0.2, 0.25) is 0 Å². The first kappa shape index (κ1) is 38.9. The van der Waals surface area contributed by atoms with Crippen LogP contribution >= 0.6 is 0 Å². The van der Waals surface area contributed by atoms with Crippen molar-refractivity contribution in [1.82, 2.24) is 0 Å². The molecular formula is C67H41NO2. The van der Waals surface area contributed by atoms with Crippen molar-refractivity contribution in [2.75, 3.05) is 4.90 Å². The van der Waals surface area contributed by atoms with Gasteiger partial charge in [-0.25, -0.2) is 0 Å². The van der Waals surface area contributed by atoms with Crippen molar-refractivity contribution < 1.29 is 9.15 Å². The first-order valence-electron chi connectivity index (χ1n) is 24.1. The van der Waals surface area contributed by atoms with E-state index in [0.717, 1.165) is 78.3 Å². The predicted octanol–water partition coefficient (Wildman–Crippen LogP) is 18.2. The fourth-order valence-electron chi connectivity index (χ4n) is 12.2. The van der Waals surface area contributed by atoms with E-state index < -0.39 is 5.41 Å². The molecule has 0 bridgehead atoms. The van der Waals surface area contributed by atoms with Gasteiger partial charge in [-0.2, -0.15) is 0 Å². The van der Waals surface area contributed by atoms with Gasteiger partial charge < -0.3 is 14.1 Å². The maximum Gasteiger partial charge on any atom is 0.159 e. The van der Waals surface area contributed by atoms with Gasteiger partial charge in [0.05, 0.1) is 11.1 Å². The Balaban J connectivity index is 1.03. The van der Waals surface area contributed by atoms with Gasteiger partial charge in [-0.3, -0.25) is 0 Å². The number of furan rings is 1. The van der Waals surface area contributed by atoms with Crippen molar-refractivity contribution >= 4 is 39.0 Å². The summed E-state index contributed by atoms with van der Waals surface area (Å²) in [5.74, 6) is 1.63.